The van der Waals surface area contributed by atoms with E-state index < -0.39 is 14.5 Å². The quantitative estimate of drug-likeness (QED) is 0.297. The molecular formula is C21H22BF4P. The van der Waals surface area contributed by atoms with Crippen LogP contribution >= 0.6 is 7.26 Å². The smallest absolute Gasteiger partial charge is 0.418 e. The highest BCUT2D eigenvalue weighted by Gasteiger charge is 2.43. The van der Waals surface area contributed by atoms with E-state index in [1.54, 1.807) is 0 Å². The number of hydrogen-bond acceptors (Lipinski definition) is 0. The molecule has 0 amide bonds. The van der Waals surface area contributed by atoms with Gasteiger partial charge in [0, 0.05) is 0 Å². The van der Waals surface area contributed by atoms with Crippen molar-refractivity contribution in [1.29, 1.82) is 0 Å². The molecule has 0 nitrogen and oxygen atoms in total. The summed E-state index contributed by atoms with van der Waals surface area (Å²) < 4.78 is 39.0. The fourth-order valence-corrected chi connectivity index (χ4v) is 7.60. The molecule has 0 radical (unpaired) electrons. The van der Waals surface area contributed by atoms with Gasteiger partial charge in [-0.2, -0.15) is 0 Å². The van der Waals surface area contributed by atoms with Crippen molar-refractivity contribution >= 4 is 30.4 Å². The third kappa shape index (κ3) is 5.93. The Morgan fingerprint density at radius 3 is 1.07 bits per heavy atom. The lowest BCUT2D eigenvalue weighted by Crippen LogP contribution is -2.33. The third-order valence-corrected chi connectivity index (χ3v) is 8.81. The van der Waals surface area contributed by atoms with Gasteiger partial charge in [0.1, 0.15) is 23.2 Å². The molecule has 0 atom stereocenters. The highest BCUT2D eigenvalue weighted by molar-refractivity contribution is 7.95. The molecule has 0 aliphatic heterocycles. The van der Waals surface area contributed by atoms with Crippen molar-refractivity contribution in [3.8, 4) is 0 Å². The second-order valence-electron chi connectivity index (χ2n) is 6.03. The molecule has 3 aromatic carbocycles. The second kappa shape index (κ2) is 9.71. The van der Waals surface area contributed by atoms with Crippen molar-refractivity contribution in [3.63, 3.8) is 0 Å². The van der Waals surface area contributed by atoms with E-state index in [1.165, 1.54) is 28.5 Å². The van der Waals surface area contributed by atoms with Crippen molar-refractivity contribution in [2.75, 3.05) is 6.16 Å². The van der Waals surface area contributed by atoms with Gasteiger partial charge in [-0.15, -0.1) is 0 Å². The van der Waals surface area contributed by atoms with Crippen LogP contribution in [-0.4, -0.2) is 13.4 Å². The Kier molecular flexibility index (Phi) is 7.61. The number of hydrogen-bond donors (Lipinski definition) is 0. The number of benzene rings is 3. The average Bonchev–Trinajstić information content (AvgIpc) is 2.67. The van der Waals surface area contributed by atoms with Crippen LogP contribution in [-0.2, 0) is 0 Å². The SMILES string of the molecule is CCC[P+](c1ccccc1)(c1ccccc1)c1ccccc1.F[B-](F)(F)F. The Balaban J connectivity index is 0.000000465. The van der Waals surface area contributed by atoms with Gasteiger partial charge in [0.2, 0.25) is 0 Å². The predicted molar refractivity (Wildman–Crippen MR) is 110 cm³/mol. The largest absolute Gasteiger partial charge is 0.673 e. The van der Waals surface area contributed by atoms with E-state index in [0.29, 0.717) is 0 Å². The van der Waals surface area contributed by atoms with E-state index in [-0.39, 0.29) is 0 Å². The minimum absolute atomic E-state index is 1.19. The van der Waals surface area contributed by atoms with Gasteiger partial charge >= 0.3 is 7.25 Å². The first kappa shape index (κ1) is 21.2. The Morgan fingerprint density at radius 2 is 0.852 bits per heavy atom. The monoisotopic (exact) mass is 392 g/mol. The highest BCUT2D eigenvalue weighted by Crippen LogP contribution is 2.55. The van der Waals surface area contributed by atoms with Crippen LogP contribution in [0.5, 0.6) is 0 Å². The first-order chi connectivity index (χ1) is 12.9. The maximum absolute atomic E-state index is 9.75. The van der Waals surface area contributed by atoms with Crippen molar-refractivity contribution in [3.05, 3.63) is 91.0 Å². The molecular weight excluding hydrogens is 370 g/mol. The predicted octanol–water partition coefficient (Wildman–Crippen LogP) is 5.69. The first-order valence-electron chi connectivity index (χ1n) is 8.80. The van der Waals surface area contributed by atoms with Gasteiger partial charge in [0.05, 0.1) is 6.16 Å². The second-order valence-corrected chi connectivity index (χ2v) is 9.65. The molecule has 0 saturated heterocycles. The molecule has 3 rings (SSSR count). The molecule has 0 aliphatic carbocycles. The Bertz CT molecular complexity index is 690. The third-order valence-electron chi connectivity index (χ3n) is 4.15. The lowest BCUT2D eigenvalue weighted by molar-refractivity contribution is 0.368. The Morgan fingerprint density at radius 1 is 0.593 bits per heavy atom. The molecule has 0 unspecified atom stereocenters. The summed E-state index contributed by atoms with van der Waals surface area (Å²) in [4.78, 5) is 0. The normalized spacial score (nSPS) is 11.4. The van der Waals surface area contributed by atoms with E-state index in [1.807, 2.05) is 0 Å². The van der Waals surface area contributed by atoms with E-state index in [0.717, 1.165) is 0 Å². The first-order valence-corrected chi connectivity index (χ1v) is 10.8. The van der Waals surface area contributed by atoms with Crippen molar-refractivity contribution in [2.45, 2.75) is 13.3 Å². The lowest BCUT2D eigenvalue weighted by Gasteiger charge is -2.27. The van der Waals surface area contributed by atoms with Crippen LogP contribution in [0.3, 0.4) is 0 Å². The summed E-state index contributed by atoms with van der Waals surface area (Å²) in [5, 5.41) is 4.44. The maximum Gasteiger partial charge on any atom is 0.673 e. The molecule has 0 spiro atoms. The molecule has 0 saturated carbocycles. The average molecular weight is 392 g/mol. The zero-order chi connectivity index (χ0) is 19.8. The maximum atomic E-state index is 9.75. The van der Waals surface area contributed by atoms with Crippen LogP contribution in [0.15, 0.2) is 91.0 Å². The van der Waals surface area contributed by atoms with Gasteiger partial charge in [-0.1, -0.05) is 61.5 Å². The van der Waals surface area contributed by atoms with Gasteiger partial charge < -0.3 is 17.3 Å². The van der Waals surface area contributed by atoms with Crippen molar-refractivity contribution < 1.29 is 17.3 Å². The van der Waals surface area contributed by atoms with Crippen LogP contribution in [0.2, 0.25) is 0 Å². The van der Waals surface area contributed by atoms with E-state index in [2.05, 4.69) is 97.9 Å². The summed E-state index contributed by atoms with van der Waals surface area (Å²) in [6, 6.07) is 33.2. The van der Waals surface area contributed by atoms with Gasteiger partial charge in [-0.25, -0.2) is 0 Å². The highest BCUT2D eigenvalue weighted by atomic mass is 31.2. The van der Waals surface area contributed by atoms with Crippen LogP contribution in [0.25, 0.3) is 0 Å². The molecule has 0 fully saturated rings. The number of halogens is 4. The molecule has 0 aliphatic rings. The molecule has 142 valence electrons. The molecule has 6 heteroatoms. The molecule has 0 bridgehead atoms. The van der Waals surface area contributed by atoms with Crippen LogP contribution in [0, 0.1) is 0 Å². The minimum atomic E-state index is -6.00. The fourth-order valence-electron chi connectivity index (χ4n) is 3.22. The molecule has 0 N–H and O–H groups in total. The van der Waals surface area contributed by atoms with Crippen LogP contribution in [0.4, 0.5) is 17.3 Å². The van der Waals surface area contributed by atoms with E-state index in [4.69, 9.17) is 0 Å². The van der Waals surface area contributed by atoms with Gasteiger partial charge in [-0.3, -0.25) is 0 Å². The summed E-state index contributed by atoms with van der Waals surface area (Å²) in [5.41, 5.74) is 0. The molecule has 3 aromatic rings. The van der Waals surface area contributed by atoms with Crippen LogP contribution < -0.4 is 15.9 Å². The zero-order valence-electron chi connectivity index (χ0n) is 15.1. The zero-order valence-corrected chi connectivity index (χ0v) is 16.0. The summed E-state index contributed by atoms with van der Waals surface area (Å²) in [5.74, 6) is 0. The topological polar surface area (TPSA) is 0 Å². The summed E-state index contributed by atoms with van der Waals surface area (Å²) >= 11 is 0. The minimum Gasteiger partial charge on any atom is -0.418 e. The lowest BCUT2D eigenvalue weighted by atomic mass is 10.3. The van der Waals surface area contributed by atoms with E-state index >= 15 is 0 Å². The van der Waals surface area contributed by atoms with Gasteiger partial charge in [-0.05, 0) is 42.8 Å². The van der Waals surface area contributed by atoms with Crippen molar-refractivity contribution in [2.24, 2.45) is 0 Å². The molecule has 27 heavy (non-hydrogen) atoms. The van der Waals surface area contributed by atoms with E-state index in [9.17, 15) is 17.3 Å². The summed E-state index contributed by atoms with van der Waals surface area (Å²) in [6.45, 7) is 2.30. The van der Waals surface area contributed by atoms with Gasteiger partial charge in [0.25, 0.3) is 0 Å². The van der Waals surface area contributed by atoms with Crippen molar-refractivity contribution in [1.82, 2.24) is 0 Å². The number of rotatable bonds is 5. The molecule has 0 heterocycles. The summed E-state index contributed by atoms with van der Waals surface area (Å²) in [6.07, 6.45) is 2.40. The Labute approximate surface area is 158 Å². The summed E-state index contributed by atoms with van der Waals surface area (Å²) in [7, 11) is -7.55. The fraction of sp³-hybridized carbons (Fsp3) is 0.143. The molecule has 0 aromatic heterocycles. The van der Waals surface area contributed by atoms with Gasteiger partial charge in [0.15, 0.2) is 0 Å². The van der Waals surface area contributed by atoms with Crippen LogP contribution in [0.1, 0.15) is 13.3 Å². The Hall–Kier alpha value is -2.13. The standard InChI is InChI=1S/C21H22P.BF4/c1-2-18-22(19-12-6-3-7-13-19,20-14-8-4-9-15-20)21-16-10-5-11-17-21;2-1(3,4)5/h3-17H,2,18H2,1H3;/q+1;-1.